The lowest BCUT2D eigenvalue weighted by molar-refractivity contribution is -0.0511. The molecule has 9 nitrogen and oxygen atoms in total. The Labute approximate surface area is 158 Å². The van der Waals surface area contributed by atoms with Crippen molar-refractivity contribution in [1.82, 2.24) is 19.5 Å². The van der Waals surface area contributed by atoms with Crippen molar-refractivity contribution in [3.63, 3.8) is 0 Å². The number of aromatic nitrogens is 4. The van der Waals surface area contributed by atoms with Crippen molar-refractivity contribution in [3.05, 3.63) is 42.2 Å². The second kappa shape index (κ2) is 7.41. The van der Waals surface area contributed by atoms with Crippen LogP contribution in [0, 0.1) is 0 Å². The number of nitrogens with zero attached hydrogens (tertiary/aromatic N) is 4. The topological polar surface area (TPSA) is 140 Å². The van der Waals surface area contributed by atoms with Crippen molar-refractivity contribution in [1.29, 1.82) is 0 Å². The molecule has 2 aromatic heterocycles. The highest BCUT2D eigenvalue weighted by molar-refractivity contribution is 7.98. The van der Waals surface area contributed by atoms with Crippen molar-refractivity contribution in [2.24, 2.45) is 0 Å². The van der Waals surface area contributed by atoms with Crippen LogP contribution in [0.25, 0.3) is 11.2 Å². The van der Waals surface area contributed by atoms with E-state index in [2.05, 4.69) is 15.0 Å². The smallest absolute Gasteiger partial charge is 0.223 e. The van der Waals surface area contributed by atoms with Crippen LogP contribution in [-0.4, -0.2) is 59.8 Å². The molecule has 0 saturated carbocycles. The summed E-state index contributed by atoms with van der Waals surface area (Å²) in [6.07, 6.45) is -2.78. The molecule has 3 heterocycles. The molecule has 10 heteroatoms. The van der Waals surface area contributed by atoms with E-state index >= 15 is 0 Å². The maximum absolute atomic E-state index is 10.3. The van der Waals surface area contributed by atoms with Gasteiger partial charge in [0, 0.05) is 5.75 Å². The van der Waals surface area contributed by atoms with Gasteiger partial charge in [-0.15, -0.1) is 0 Å². The monoisotopic (exact) mass is 389 g/mol. The van der Waals surface area contributed by atoms with Crippen LogP contribution in [-0.2, 0) is 10.5 Å². The van der Waals surface area contributed by atoms with Gasteiger partial charge in [0.05, 0.1) is 12.9 Å². The summed E-state index contributed by atoms with van der Waals surface area (Å²) in [5, 5.41) is 30.2. The minimum Gasteiger partial charge on any atom is -0.394 e. The van der Waals surface area contributed by atoms with Gasteiger partial charge in [-0.05, 0) is 5.56 Å². The van der Waals surface area contributed by atoms with Crippen molar-refractivity contribution in [2.75, 3.05) is 12.3 Å². The third-order valence-electron chi connectivity index (χ3n) is 4.42. The fraction of sp³-hybridized carbons (Fsp3) is 0.353. The predicted octanol–water partition coefficient (Wildman–Crippen LogP) is 0.312. The lowest BCUT2D eigenvalue weighted by Crippen LogP contribution is -2.33. The first kappa shape index (κ1) is 18.1. The molecule has 4 atom stereocenters. The summed E-state index contributed by atoms with van der Waals surface area (Å²) in [4.78, 5) is 12.9. The Kier molecular flexibility index (Phi) is 4.98. The Bertz CT molecular complexity index is 938. The van der Waals surface area contributed by atoms with Crippen LogP contribution < -0.4 is 5.73 Å². The number of aliphatic hydroxyl groups excluding tert-OH is 3. The maximum Gasteiger partial charge on any atom is 0.223 e. The zero-order valence-electron chi connectivity index (χ0n) is 14.2. The second-order valence-corrected chi connectivity index (χ2v) is 7.18. The van der Waals surface area contributed by atoms with E-state index in [9.17, 15) is 15.3 Å². The number of hydrogen-bond donors (Lipinski definition) is 4. The Hall–Kier alpha value is -2.24. The summed E-state index contributed by atoms with van der Waals surface area (Å²) in [7, 11) is 0. The van der Waals surface area contributed by atoms with E-state index in [1.165, 1.54) is 22.7 Å². The summed E-state index contributed by atoms with van der Waals surface area (Å²) >= 11 is 1.48. The molecular formula is C17H19N5O4S. The van der Waals surface area contributed by atoms with Gasteiger partial charge in [0.15, 0.2) is 11.9 Å². The van der Waals surface area contributed by atoms with E-state index < -0.39 is 31.1 Å². The number of hydrogen-bond acceptors (Lipinski definition) is 9. The van der Waals surface area contributed by atoms with Crippen molar-refractivity contribution < 1.29 is 20.1 Å². The average molecular weight is 389 g/mol. The summed E-state index contributed by atoms with van der Waals surface area (Å²) in [5.74, 6) is 0.763. The summed E-state index contributed by atoms with van der Waals surface area (Å²) in [6.45, 7) is -0.406. The number of fused-ring (bicyclic) bond motifs is 1. The third-order valence-corrected chi connectivity index (χ3v) is 5.45. The molecule has 1 aromatic carbocycles. The lowest BCUT2D eigenvalue weighted by atomic mass is 10.1. The molecule has 0 amide bonds. The zero-order valence-corrected chi connectivity index (χ0v) is 15.0. The van der Waals surface area contributed by atoms with Crippen LogP contribution in [0.1, 0.15) is 11.8 Å². The Balaban J connectivity index is 1.66. The normalized spacial score (nSPS) is 25.3. The zero-order chi connectivity index (χ0) is 19.0. The highest BCUT2D eigenvalue weighted by Gasteiger charge is 2.44. The van der Waals surface area contributed by atoms with E-state index in [0.717, 1.165) is 5.56 Å². The van der Waals surface area contributed by atoms with E-state index in [4.69, 9.17) is 10.5 Å². The third kappa shape index (κ3) is 3.37. The molecule has 0 radical (unpaired) electrons. The van der Waals surface area contributed by atoms with Crippen LogP contribution in [0.2, 0.25) is 0 Å². The van der Waals surface area contributed by atoms with Gasteiger partial charge in [0.1, 0.15) is 28.9 Å². The van der Waals surface area contributed by atoms with Gasteiger partial charge < -0.3 is 25.8 Å². The number of anilines is 1. The molecular weight excluding hydrogens is 370 g/mol. The molecule has 1 aliphatic heterocycles. The Morgan fingerprint density at radius 1 is 1.15 bits per heavy atom. The Morgan fingerprint density at radius 3 is 2.63 bits per heavy atom. The first-order valence-electron chi connectivity index (χ1n) is 8.37. The van der Waals surface area contributed by atoms with Gasteiger partial charge >= 0.3 is 0 Å². The number of rotatable bonds is 5. The van der Waals surface area contributed by atoms with E-state index in [-0.39, 0.29) is 5.95 Å². The van der Waals surface area contributed by atoms with Crippen LogP contribution >= 0.6 is 11.8 Å². The molecule has 27 heavy (non-hydrogen) atoms. The average Bonchev–Trinajstić information content (AvgIpc) is 3.22. The quantitative estimate of drug-likeness (QED) is 0.358. The van der Waals surface area contributed by atoms with Gasteiger partial charge in [0.25, 0.3) is 0 Å². The van der Waals surface area contributed by atoms with Crippen molar-refractivity contribution >= 4 is 28.9 Å². The fourth-order valence-electron chi connectivity index (χ4n) is 3.03. The SMILES string of the molecule is Nc1nc(SCc2ccccc2)c2ncn(C3O[C@H](CO)[C@@H](O)[C@H]3O)c2n1. The van der Waals surface area contributed by atoms with Crippen molar-refractivity contribution in [3.8, 4) is 0 Å². The van der Waals surface area contributed by atoms with Crippen LogP contribution in [0.15, 0.2) is 41.7 Å². The standard InChI is InChI=1S/C17H19N5O4S/c18-17-20-14-11(15(21-17)27-7-9-4-2-1-3-5-9)19-8-22(14)16-13(25)12(24)10(6-23)26-16/h1-5,8,10,12-13,16,23-25H,6-7H2,(H2,18,20,21)/t10-,12-,13-,16?/m1/s1. The molecule has 1 saturated heterocycles. The van der Waals surface area contributed by atoms with E-state index in [1.807, 2.05) is 30.3 Å². The molecule has 0 spiro atoms. The van der Waals surface area contributed by atoms with Gasteiger partial charge in [-0.1, -0.05) is 42.1 Å². The number of ether oxygens (including phenoxy) is 1. The number of thioether (sulfide) groups is 1. The lowest BCUT2D eigenvalue weighted by Gasteiger charge is -2.16. The largest absolute Gasteiger partial charge is 0.394 e. The molecule has 0 aliphatic carbocycles. The van der Waals surface area contributed by atoms with Crippen molar-refractivity contribution in [2.45, 2.75) is 35.3 Å². The highest BCUT2D eigenvalue weighted by atomic mass is 32.2. The second-order valence-electron chi connectivity index (χ2n) is 6.21. The van der Waals surface area contributed by atoms with E-state index in [1.54, 1.807) is 0 Å². The van der Waals surface area contributed by atoms with Crippen LogP contribution in [0.3, 0.4) is 0 Å². The summed E-state index contributed by atoms with van der Waals surface area (Å²) in [6, 6.07) is 9.93. The van der Waals surface area contributed by atoms with Crippen LogP contribution in [0.4, 0.5) is 5.95 Å². The molecule has 1 aliphatic rings. The summed E-state index contributed by atoms with van der Waals surface area (Å²) in [5.41, 5.74) is 7.93. The minimum absolute atomic E-state index is 0.0755. The predicted molar refractivity (Wildman–Crippen MR) is 98.7 cm³/mol. The summed E-state index contributed by atoms with van der Waals surface area (Å²) < 4.78 is 7.07. The minimum atomic E-state index is -1.23. The highest BCUT2D eigenvalue weighted by Crippen LogP contribution is 2.34. The molecule has 1 unspecified atom stereocenters. The van der Waals surface area contributed by atoms with Gasteiger partial charge in [0.2, 0.25) is 5.95 Å². The molecule has 142 valence electrons. The van der Waals surface area contributed by atoms with Gasteiger partial charge in [-0.25, -0.2) is 9.97 Å². The number of nitrogens with two attached hydrogens (primary N) is 1. The Morgan fingerprint density at radius 2 is 1.93 bits per heavy atom. The van der Waals surface area contributed by atoms with Gasteiger partial charge in [-0.3, -0.25) is 4.57 Å². The number of nitrogen functional groups attached to an aromatic ring is 1. The molecule has 0 bridgehead atoms. The van der Waals surface area contributed by atoms with Gasteiger partial charge in [-0.2, -0.15) is 4.98 Å². The van der Waals surface area contributed by atoms with E-state index in [0.29, 0.717) is 21.9 Å². The van der Waals surface area contributed by atoms with Crippen LogP contribution in [0.5, 0.6) is 0 Å². The fourth-order valence-corrected chi connectivity index (χ4v) is 3.96. The maximum atomic E-state index is 10.3. The molecule has 5 N–H and O–H groups in total. The first-order valence-corrected chi connectivity index (χ1v) is 9.36. The number of aliphatic hydroxyl groups is 3. The number of imidazole rings is 1. The molecule has 1 fully saturated rings. The first-order chi connectivity index (χ1) is 13.1. The molecule has 4 rings (SSSR count). The number of benzene rings is 1. The molecule has 3 aromatic rings.